The predicted molar refractivity (Wildman–Crippen MR) is 517 cm³/mol. The number of nitrogens with zero attached hydrogens (tertiary/aromatic N) is 3. The Morgan fingerprint density at radius 2 is 0.818 bits per heavy atom. The van der Waals surface area contributed by atoms with Crippen LogP contribution in [-0.2, 0) is 133 Å². The molecule has 21 amide bonds. The summed E-state index contributed by atoms with van der Waals surface area (Å²) in [6, 6.07) is -21.9. The number of benzene rings is 1. The van der Waals surface area contributed by atoms with E-state index in [0.29, 0.717) is 22.2 Å². The summed E-state index contributed by atoms with van der Waals surface area (Å²) in [5, 5.41) is 101. The molecule has 56 heteroatoms. The summed E-state index contributed by atoms with van der Waals surface area (Å²) in [6.45, 7) is 16.7. The number of carbonyl (C=O) groups is 25. The number of hydrogen-bond acceptors (Lipinski definition) is 29. The number of primary amides is 2. The quantitative estimate of drug-likeness (QED) is 0.0250. The summed E-state index contributed by atoms with van der Waals surface area (Å²) in [5.74, 6) is -32.6. The van der Waals surface area contributed by atoms with Crippen molar-refractivity contribution < 1.29 is 151 Å². The number of para-hydroxylation sites is 1. The average molecular weight is 2090 g/mol. The van der Waals surface area contributed by atoms with Crippen LogP contribution in [-0.4, -0.2) is 351 Å². The highest BCUT2D eigenvalue weighted by Gasteiger charge is 2.46. The Morgan fingerprint density at radius 3 is 1.30 bits per heavy atom. The number of nitrogens with two attached hydrogens (primary N) is 3. The van der Waals surface area contributed by atoms with Crippen LogP contribution in [0.15, 0.2) is 43.0 Å². The maximum absolute atomic E-state index is 14.9. The smallest absolute Gasteiger partial charge is 0.322 e. The first-order valence-corrected chi connectivity index (χ1v) is 48.1. The topological polar surface area (TPSA) is 882 Å². The Hall–Kier alpha value is -15.4. The molecule has 3 aromatic rings. The number of fused-ring (bicyclic) bond motifs is 1. The van der Waals surface area contributed by atoms with Crippen LogP contribution < -0.4 is 108 Å². The Labute approximate surface area is 849 Å². The van der Waals surface area contributed by atoms with Crippen molar-refractivity contribution in [1.29, 1.82) is 0 Å². The molecule has 0 aliphatic carbocycles. The minimum Gasteiger partial charge on any atom is -0.481 e. The monoisotopic (exact) mass is 2090 g/mol. The van der Waals surface area contributed by atoms with Crippen LogP contribution in [0.25, 0.3) is 10.9 Å². The van der Waals surface area contributed by atoms with Crippen molar-refractivity contribution in [1.82, 2.24) is 115 Å². The van der Waals surface area contributed by atoms with Gasteiger partial charge in [0.15, 0.2) is 0 Å². The lowest BCUT2D eigenvalue weighted by atomic mass is 9.95. The number of rotatable bonds is 61. The van der Waals surface area contributed by atoms with E-state index in [0.717, 1.165) is 18.7 Å². The van der Waals surface area contributed by atoms with E-state index in [4.69, 9.17) is 22.3 Å². The molecule has 1 aromatic carbocycles. The van der Waals surface area contributed by atoms with Crippen LogP contribution in [0.2, 0.25) is 0 Å². The molecular weight excluding hydrogens is 1950 g/mol. The molecule has 31 N–H and O–H groups in total. The lowest BCUT2D eigenvalue weighted by Crippen LogP contribution is -2.63. The molecule has 2 saturated heterocycles. The lowest BCUT2D eigenvalue weighted by Gasteiger charge is -2.33. The molecule has 2 aliphatic rings. The summed E-state index contributed by atoms with van der Waals surface area (Å²) in [4.78, 5) is 352. The van der Waals surface area contributed by atoms with Gasteiger partial charge in [-0.05, 0) is 101 Å². The second-order valence-electron chi connectivity index (χ2n) is 37.6. The van der Waals surface area contributed by atoms with Gasteiger partial charge >= 0.3 is 23.9 Å². The van der Waals surface area contributed by atoms with E-state index in [2.05, 4.69) is 89.4 Å². The first-order valence-electron chi connectivity index (χ1n) is 48.1. The molecular formula is C92H139N25O31. The van der Waals surface area contributed by atoms with Crippen LogP contribution in [0.5, 0.6) is 0 Å². The predicted octanol–water partition coefficient (Wildman–Crippen LogP) is -9.39. The molecule has 5 rings (SSSR count). The molecule has 818 valence electrons. The first-order chi connectivity index (χ1) is 69.4. The third-order valence-electron chi connectivity index (χ3n) is 24.3. The number of aromatic amines is 2. The number of H-pyrrole nitrogens is 2. The van der Waals surface area contributed by atoms with Gasteiger partial charge in [-0.2, -0.15) is 0 Å². The molecule has 2 aromatic heterocycles. The average Bonchev–Trinajstić information content (AvgIpc) is 1.64. The van der Waals surface area contributed by atoms with Crippen LogP contribution in [0.1, 0.15) is 178 Å². The number of carboxylic acid groups (broad SMARTS) is 4. The minimum atomic E-state index is -2.20. The van der Waals surface area contributed by atoms with Gasteiger partial charge in [-0.3, -0.25) is 120 Å². The van der Waals surface area contributed by atoms with Gasteiger partial charge in [0.25, 0.3) is 0 Å². The maximum Gasteiger partial charge on any atom is 0.322 e. The van der Waals surface area contributed by atoms with E-state index in [1.54, 1.807) is 79.7 Å². The molecule has 0 unspecified atom stereocenters. The van der Waals surface area contributed by atoms with Crippen LogP contribution in [0.4, 0.5) is 0 Å². The normalized spacial score (nSPS) is 17.0. The SMILES string of the molecule is CC[C@H](C)[C@H](NC(=O)[C@@H]1CCCN1C(=O)[C@H](Cc1c[nH]cn1)NC(=O)[C@@H](NC(=O)CNC(=O)[C@@H](NC(=O)CN)[C@@H](C)O)C(C)C)C(=O)N[C@H](C(=O)N[C@H](C(=O)N[C@H](C(=O)N[C@@H](CCC(N)=O)C(=O)N1CCC[C@H]1C(=O)N[C@@H](CC(=O)O)C(=O)N[C@@H](C)C(=O)N[C@@H](Cc1c[nH]c2ccccc12)C(=O)N[C@H](C(=O)N[C@@H](CCC(=O)O)C(=O)N[C@@H](CC(=O)O)C(=O)N[C@@H](CC(N)=O)C(=O)NCC(=O)O)[C@@H](C)O)C(C)C)C(C)C)C(C)C. The fraction of sp³-hybridized carbons (Fsp3) is 0.609. The number of imidazole rings is 1. The molecule has 0 bridgehead atoms. The molecule has 2 fully saturated rings. The summed E-state index contributed by atoms with van der Waals surface area (Å²) >= 11 is 0. The third kappa shape index (κ3) is 38.2. The molecule has 56 nitrogen and oxygen atoms in total. The number of likely N-dealkylation sites (tertiary alicyclic amines) is 2. The van der Waals surface area contributed by atoms with E-state index in [9.17, 15) is 145 Å². The van der Waals surface area contributed by atoms with Gasteiger partial charge in [-0.1, -0.05) is 93.9 Å². The summed E-state index contributed by atoms with van der Waals surface area (Å²) in [5.41, 5.74) is 17.3. The van der Waals surface area contributed by atoms with Gasteiger partial charge < -0.3 is 158 Å². The van der Waals surface area contributed by atoms with Crippen molar-refractivity contribution in [2.24, 2.45) is 46.8 Å². The van der Waals surface area contributed by atoms with Crippen LogP contribution in [0, 0.1) is 29.6 Å². The fourth-order valence-electron chi connectivity index (χ4n) is 16.0. The molecule has 148 heavy (non-hydrogen) atoms. The van der Waals surface area contributed by atoms with Crippen molar-refractivity contribution >= 4 is 159 Å². The second kappa shape index (κ2) is 58.7. The van der Waals surface area contributed by atoms with Crippen molar-refractivity contribution in [2.75, 3.05) is 32.7 Å². The lowest BCUT2D eigenvalue weighted by molar-refractivity contribution is -0.144. The highest BCUT2D eigenvalue weighted by atomic mass is 16.4. The molecule has 20 atom stereocenters. The van der Waals surface area contributed by atoms with E-state index in [-0.39, 0.29) is 51.6 Å². The maximum atomic E-state index is 14.9. The van der Waals surface area contributed by atoms with Gasteiger partial charge in [-0.25, -0.2) is 4.98 Å². The van der Waals surface area contributed by atoms with Gasteiger partial charge in [0.05, 0.1) is 56.6 Å². The Bertz CT molecular complexity index is 5280. The van der Waals surface area contributed by atoms with Crippen molar-refractivity contribution in [3.05, 3.63) is 54.2 Å². The molecule has 0 radical (unpaired) electrons. The standard InChI is InChI=1S/C92H139N25O31/c1-14-44(10)73(114-83(139)60-22-18-28-117(60)92(148)58(30-49-36-96-39-100-49)108-85(141)69(40(2)3)110-64(123)37-98-84(140)74(46(12)118)109-63(122)34-93)89(145)113-72(43(8)9)88(144)112-71(42(6)7)87(143)111-70(41(4)5)86(142)103-53(23-25-61(94)120)91(147)116-27-17-21-59(116)82(138)107-56(32-66(126)127)79(135)101-45(11)76(132)104-54(29-48-35-97-51-20-16-15-19-50(48)51)81(137)115-75(47(13)119)90(146)102-52(24-26-65(124)125)78(134)106-57(33-67(128)129)80(136)105-55(31-62(95)121)77(133)99-38-68(130)131/h15-16,19-20,35-36,39-47,52-60,69-75,97,118-119H,14,17-18,21-34,37-38,93H2,1-13H3,(H2,94,120)(H2,95,121)(H,96,100)(H,98,140)(H,99,133)(H,101,135)(H,102,146)(H,103,142)(H,104,132)(H,105,136)(H,106,134)(H,107,138)(H,108,141)(H,109,122)(H,110,123)(H,111,143)(H,112,144)(H,113,145)(H,114,139)(H,115,137)(H,124,125)(H,126,127)(H,128,129)(H,130,131)/t44-,45-,46+,47+,52-,53-,54-,55-,56-,57-,58-,59-,60-,69-,70-,71-,72-,73-,74-,75-/m0/s1. The van der Waals surface area contributed by atoms with Gasteiger partial charge in [0, 0.05) is 62.1 Å². The number of aliphatic hydroxyl groups is 2. The molecule has 4 heterocycles. The van der Waals surface area contributed by atoms with Crippen LogP contribution in [0.3, 0.4) is 0 Å². The van der Waals surface area contributed by atoms with Gasteiger partial charge in [0.2, 0.25) is 124 Å². The third-order valence-corrected chi connectivity index (χ3v) is 24.3. The summed E-state index contributed by atoms with van der Waals surface area (Å²) in [7, 11) is 0. The van der Waals surface area contributed by atoms with E-state index >= 15 is 0 Å². The number of aliphatic hydroxyl groups excluding tert-OH is 2. The van der Waals surface area contributed by atoms with Crippen molar-refractivity contribution in [3.8, 4) is 0 Å². The highest BCUT2D eigenvalue weighted by Crippen LogP contribution is 2.26. The molecule has 2 aliphatic heterocycles. The zero-order valence-corrected chi connectivity index (χ0v) is 84.3. The highest BCUT2D eigenvalue weighted by molar-refractivity contribution is 6.04. The zero-order valence-electron chi connectivity index (χ0n) is 84.3. The fourth-order valence-corrected chi connectivity index (χ4v) is 16.0. The number of carbonyl (C=O) groups excluding carboxylic acids is 21. The number of amides is 21. The Morgan fingerprint density at radius 1 is 0.399 bits per heavy atom. The second-order valence-corrected chi connectivity index (χ2v) is 37.6. The zero-order chi connectivity index (χ0) is 111. The van der Waals surface area contributed by atoms with Crippen molar-refractivity contribution in [2.45, 2.75) is 295 Å². The number of hydrogen-bond donors (Lipinski definition) is 28. The minimum absolute atomic E-state index is 0.00749. The van der Waals surface area contributed by atoms with Crippen LogP contribution >= 0.6 is 0 Å². The van der Waals surface area contributed by atoms with E-state index < -0.39 is 363 Å². The van der Waals surface area contributed by atoms with Gasteiger partial charge in [0.1, 0.15) is 109 Å². The summed E-state index contributed by atoms with van der Waals surface area (Å²) < 4.78 is 0. The largest absolute Gasteiger partial charge is 0.481 e. The Balaban J connectivity index is 1.31. The molecule has 0 saturated carbocycles. The Kier molecular flexibility index (Phi) is 48.8. The van der Waals surface area contributed by atoms with E-state index in [1.165, 1.54) is 44.4 Å². The first kappa shape index (κ1) is 123. The summed E-state index contributed by atoms with van der Waals surface area (Å²) in [6.07, 6.45) is -5.44. The number of carboxylic acids is 4. The van der Waals surface area contributed by atoms with Crippen molar-refractivity contribution in [3.63, 3.8) is 0 Å². The number of nitrogens with one attached hydrogen (secondary N) is 19. The van der Waals surface area contributed by atoms with Gasteiger partial charge in [-0.15, -0.1) is 0 Å². The van der Waals surface area contributed by atoms with E-state index in [1.807, 2.05) is 16.0 Å². The number of aromatic nitrogens is 3. The number of aliphatic carboxylic acids is 4. The molecule has 0 spiro atoms.